The van der Waals surface area contributed by atoms with E-state index in [1.54, 1.807) is 24.3 Å². The van der Waals surface area contributed by atoms with Gasteiger partial charge in [-0.3, -0.25) is 0 Å². The average Bonchev–Trinajstić information content (AvgIpc) is 2.28. The Bertz CT molecular complexity index is 547. The Balaban J connectivity index is 2.46. The lowest BCUT2D eigenvalue weighted by molar-refractivity contribution is 0.542. The summed E-state index contributed by atoms with van der Waals surface area (Å²) >= 11 is 6.33. The third-order valence-corrected chi connectivity index (χ3v) is 3.57. The molecule has 1 unspecified atom stereocenters. The minimum Gasteiger partial charge on any atom is -0.320 e. The van der Waals surface area contributed by atoms with Crippen molar-refractivity contribution >= 4 is 31.9 Å². The first kappa shape index (κ1) is 13.6. The summed E-state index contributed by atoms with van der Waals surface area (Å²) in [4.78, 5) is 0. The van der Waals surface area contributed by atoms with Crippen molar-refractivity contribution in [3.63, 3.8) is 0 Å². The molecule has 0 heterocycles. The summed E-state index contributed by atoms with van der Waals surface area (Å²) in [6.45, 7) is 0. The fraction of sp³-hybridized carbons (Fsp3) is 0.0769. The van der Waals surface area contributed by atoms with Gasteiger partial charge in [0.15, 0.2) is 0 Å². The van der Waals surface area contributed by atoms with Gasteiger partial charge in [0.2, 0.25) is 0 Å². The van der Waals surface area contributed by atoms with Crippen LogP contribution in [-0.4, -0.2) is 0 Å². The second-order valence-corrected chi connectivity index (χ2v) is 5.64. The second kappa shape index (κ2) is 5.47. The van der Waals surface area contributed by atoms with Crippen molar-refractivity contribution in [2.24, 2.45) is 5.73 Å². The summed E-state index contributed by atoms with van der Waals surface area (Å²) in [6, 6.07) is 8.61. The van der Waals surface area contributed by atoms with Gasteiger partial charge in [-0.2, -0.15) is 0 Å². The molecule has 0 aliphatic carbocycles. The maximum Gasteiger partial charge on any atom is 0.132 e. The Labute approximate surface area is 120 Å². The van der Waals surface area contributed by atoms with Gasteiger partial charge in [-0.25, -0.2) is 8.78 Å². The van der Waals surface area contributed by atoms with E-state index >= 15 is 0 Å². The van der Waals surface area contributed by atoms with Gasteiger partial charge in [-0.15, -0.1) is 0 Å². The van der Waals surface area contributed by atoms with Crippen LogP contribution in [0.4, 0.5) is 8.78 Å². The highest BCUT2D eigenvalue weighted by Crippen LogP contribution is 2.28. The Kier molecular flexibility index (Phi) is 4.14. The smallest absolute Gasteiger partial charge is 0.132 e. The van der Waals surface area contributed by atoms with Crippen LogP contribution in [0.15, 0.2) is 45.3 Å². The summed E-state index contributed by atoms with van der Waals surface area (Å²) in [6.07, 6.45) is 0. The third kappa shape index (κ3) is 2.79. The molecule has 1 atom stereocenters. The molecule has 0 saturated heterocycles. The maximum absolute atomic E-state index is 13.8. The number of halogens is 4. The van der Waals surface area contributed by atoms with Crippen LogP contribution in [0.5, 0.6) is 0 Å². The molecule has 2 rings (SSSR count). The fourth-order valence-corrected chi connectivity index (χ4v) is 2.35. The van der Waals surface area contributed by atoms with Crippen LogP contribution in [0.25, 0.3) is 0 Å². The highest BCUT2D eigenvalue weighted by atomic mass is 79.9. The molecule has 0 spiro atoms. The van der Waals surface area contributed by atoms with E-state index in [9.17, 15) is 8.78 Å². The lowest BCUT2D eigenvalue weighted by Crippen LogP contribution is -2.15. The molecule has 2 aromatic carbocycles. The van der Waals surface area contributed by atoms with E-state index in [4.69, 9.17) is 5.73 Å². The molecule has 0 saturated carbocycles. The predicted octanol–water partition coefficient (Wildman–Crippen LogP) is 4.54. The van der Waals surface area contributed by atoms with Crippen LogP contribution in [-0.2, 0) is 0 Å². The van der Waals surface area contributed by atoms with Crippen LogP contribution in [0.3, 0.4) is 0 Å². The molecule has 0 amide bonds. The van der Waals surface area contributed by atoms with Gasteiger partial charge < -0.3 is 5.73 Å². The SMILES string of the molecule is NC(c1ccc(Br)cc1)c1c(F)cc(Br)cc1F. The van der Waals surface area contributed by atoms with E-state index < -0.39 is 17.7 Å². The summed E-state index contributed by atoms with van der Waals surface area (Å²) in [7, 11) is 0. The number of benzene rings is 2. The van der Waals surface area contributed by atoms with Crippen molar-refractivity contribution < 1.29 is 8.78 Å². The van der Waals surface area contributed by atoms with E-state index in [-0.39, 0.29) is 5.56 Å². The first-order valence-corrected chi connectivity index (χ1v) is 6.73. The lowest BCUT2D eigenvalue weighted by Gasteiger charge is -2.15. The Morgan fingerprint density at radius 3 is 1.89 bits per heavy atom. The molecule has 1 nitrogen and oxygen atoms in total. The molecule has 2 N–H and O–H groups in total. The second-order valence-electron chi connectivity index (χ2n) is 3.81. The van der Waals surface area contributed by atoms with Crippen LogP contribution < -0.4 is 5.73 Å². The highest BCUT2D eigenvalue weighted by Gasteiger charge is 2.19. The molecule has 2 aromatic rings. The number of rotatable bonds is 2. The minimum absolute atomic E-state index is 0.125. The molecular weight excluding hydrogens is 368 g/mol. The van der Waals surface area contributed by atoms with E-state index in [1.165, 1.54) is 12.1 Å². The number of nitrogens with two attached hydrogens (primary N) is 1. The monoisotopic (exact) mass is 375 g/mol. The van der Waals surface area contributed by atoms with Crippen LogP contribution in [0.1, 0.15) is 17.2 Å². The van der Waals surface area contributed by atoms with Gasteiger partial charge in [-0.1, -0.05) is 44.0 Å². The molecule has 0 bridgehead atoms. The van der Waals surface area contributed by atoms with Crippen LogP contribution >= 0.6 is 31.9 Å². The van der Waals surface area contributed by atoms with Crippen molar-refractivity contribution in [1.82, 2.24) is 0 Å². The molecule has 0 aliphatic heterocycles. The zero-order chi connectivity index (χ0) is 13.3. The number of hydrogen-bond acceptors (Lipinski definition) is 1. The van der Waals surface area contributed by atoms with Crippen molar-refractivity contribution in [3.05, 3.63) is 68.1 Å². The Morgan fingerprint density at radius 2 is 1.39 bits per heavy atom. The molecule has 94 valence electrons. The normalized spacial score (nSPS) is 12.5. The standard InChI is InChI=1S/C13H9Br2F2N/c14-8-3-1-7(2-4-8)13(18)12-10(16)5-9(15)6-11(12)17/h1-6,13H,18H2. The minimum atomic E-state index is -0.828. The van der Waals surface area contributed by atoms with Crippen LogP contribution in [0.2, 0.25) is 0 Å². The first-order valence-electron chi connectivity index (χ1n) is 5.14. The van der Waals surface area contributed by atoms with Crippen molar-refractivity contribution in [2.75, 3.05) is 0 Å². The predicted molar refractivity (Wildman–Crippen MR) is 74.2 cm³/mol. The Morgan fingerprint density at radius 1 is 0.889 bits per heavy atom. The lowest BCUT2D eigenvalue weighted by atomic mass is 9.99. The fourth-order valence-electron chi connectivity index (χ4n) is 1.69. The molecule has 0 radical (unpaired) electrons. The highest BCUT2D eigenvalue weighted by molar-refractivity contribution is 9.10. The van der Waals surface area contributed by atoms with E-state index in [2.05, 4.69) is 31.9 Å². The van der Waals surface area contributed by atoms with Crippen LogP contribution in [0, 0.1) is 11.6 Å². The van der Waals surface area contributed by atoms with E-state index in [0.29, 0.717) is 10.0 Å². The Hall–Kier alpha value is -0.780. The average molecular weight is 377 g/mol. The zero-order valence-corrected chi connectivity index (χ0v) is 12.3. The summed E-state index contributed by atoms with van der Waals surface area (Å²) < 4.78 is 28.8. The summed E-state index contributed by atoms with van der Waals surface area (Å²) in [5.74, 6) is -1.31. The quantitative estimate of drug-likeness (QED) is 0.818. The molecule has 0 aromatic heterocycles. The van der Waals surface area contributed by atoms with Gasteiger partial charge in [0.05, 0.1) is 6.04 Å². The topological polar surface area (TPSA) is 26.0 Å². The molecule has 5 heteroatoms. The van der Waals surface area contributed by atoms with E-state index in [0.717, 1.165) is 4.47 Å². The van der Waals surface area contributed by atoms with E-state index in [1.807, 2.05) is 0 Å². The molecule has 0 fully saturated rings. The van der Waals surface area contributed by atoms with Crippen molar-refractivity contribution in [1.29, 1.82) is 0 Å². The van der Waals surface area contributed by atoms with Gasteiger partial charge >= 0.3 is 0 Å². The maximum atomic E-state index is 13.8. The van der Waals surface area contributed by atoms with Crippen molar-refractivity contribution in [2.45, 2.75) is 6.04 Å². The van der Waals surface area contributed by atoms with Gasteiger partial charge in [0, 0.05) is 14.5 Å². The van der Waals surface area contributed by atoms with Gasteiger partial charge in [-0.05, 0) is 29.8 Å². The third-order valence-electron chi connectivity index (χ3n) is 2.58. The summed E-state index contributed by atoms with van der Waals surface area (Å²) in [5.41, 5.74) is 6.43. The molecule has 18 heavy (non-hydrogen) atoms. The van der Waals surface area contributed by atoms with Gasteiger partial charge in [0.1, 0.15) is 11.6 Å². The van der Waals surface area contributed by atoms with Gasteiger partial charge in [0.25, 0.3) is 0 Å². The summed E-state index contributed by atoms with van der Waals surface area (Å²) in [5, 5.41) is 0. The zero-order valence-electron chi connectivity index (χ0n) is 9.13. The van der Waals surface area contributed by atoms with Crippen molar-refractivity contribution in [3.8, 4) is 0 Å². The molecular formula is C13H9Br2F2N. The first-order chi connectivity index (χ1) is 8.49. The largest absolute Gasteiger partial charge is 0.320 e. The molecule has 0 aliphatic rings. The number of hydrogen-bond donors (Lipinski definition) is 1.